The van der Waals surface area contributed by atoms with Crippen molar-refractivity contribution in [3.63, 3.8) is 0 Å². The number of halogens is 3. The fraction of sp³-hybridized carbons (Fsp3) is 0.278. The molecule has 0 atom stereocenters. The van der Waals surface area contributed by atoms with Crippen LogP contribution in [0.15, 0.2) is 36.7 Å². The zero-order chi connectivity index (χ0) is 18.9. The number of carboxylic acid groups (broad SMARTS) is 1. The summed E-state index contributed by atoms with van der Waals surface area (Å²) in [5, 5.41) is 14.3. The first-order valence-corrected chi connectivity index (χ1v) is 7.93. The van der Waals surface area contributed by atoms with Crippen LogP contribution in [-0.2, 0) is 13.0 Å². The summed E-state index contributed by atoms with van der Waals surface area (Å²) in [5.41, 5.74) is 2.63. The van der Waals surface area contributed by atoms with Crippen LogP contribution in [0.5, 0.6) is 0 Å². The van der Waals surface area contributed by atoms with Gasteiger partial charge in [0.05, 0.1) is 29.7 Å². The molecule has 3 rings (SSSR count). The standard InChI is InChI=1S/C18H16F3N3O2/c1-11-2-3-16-14(8-11)15(23-24(16)7-5-18(19,20)21)9-12-10-22-6-4-13(12)17(25)26/h2-4,6,8,10H,5,7,9H2,1H3,(H,25,26). The van der Waals surface area contributed by atoms with Gasteiger partial charge in [0, 0.05) is 24.2 Å². The molecule has 0 saturated heterocycles. The number of nitrogens with zero attached hydrogens (tertiary/aromatic N) is 3. The molecule has 0 radical (unpaired) electrons. The third kappa shape index (κ3) is 3.84. The number of fused-ring (bicyclic) bond motifs is 1. The van der Waals surface area contributed by atoms with Crippen LogP contribution in [-0.4, -0.2) is 32.0 Å². The first-order valence-electron chi connectivity index (χ1n) is 7.93. The number of aryl methyl sites for hydroxylation is 2. The third-order valence-electron chi connectivity index (χ3n) is 4.08. The minimum atomic E-state index is -4.27. The number of alkyl halides is 3. The molecule has 0 aliphatic carbocycles. The van der Waals surface area contributed by atoms with Crippen LogP contribution < -0.4 is 0 Å². The molecule has 0 saturated carbocycles. The summed E-state index contributed by atoms with van der Waals surface area (Å²) in [6.45, 7) is 1.59. The normalized spacial score (nSPS) is 11.8. The molecular formula is C18H16F3N3O2. The van der Waals surface area contributed by atoms with Crippen LogP contribution in [0.25, 0.3) is 10.9 Å². The van der Waals surface area contributed by atoms with E-state index in [0.29, 0.717) is 22.2 Å². The second-order valence-corrected chi connectivity index (χ2v) is 6.07. The number of aromatic carboxylic acids is 1. The van der Waals surface area contributed by atoms with Gasteiger partial charge in [-0.15, -0.1) is 0 Å². The van der Waals surface area contributed by atoms with Crippen molar-refractivity contribution in [1.82, 2.24) is 14.8 Å². The van der Waals surface area contributed by atoms with E-state index >= 15 is 0 Å². The van der Waals surface area contributed by atoms with Gasteiger partial charge in [-0.2, -0.15) is 18.3 Å². The van der Waals surface area contributed by atoms with Gasteiger partial charge in [-0.05, 0) is 30.7 Å². The van der Waals surface area contributed by atoms with Gasteiger partial charge >= 0.3 is 12.1 Å². The first kappa shape index (κ1) is 17.9. The highest BCUT2D eigenvalue weighted by Crippen LogP contribution is 2.26. The molecule has 0 fully saturated rings. The van der Waals surface area contributed by atoms with Gasteiger partial charge in [-0.3, -0.25) is 9.67 Å². The van der Waals surface area contributed by atoms with E-state index in [9.17, 15) is 23.1 Å². The summed E-state index contributed by atoms with van der Waals surface area (Å²) >= 11 is 0. The molecule has 0 unspecified atom stereocenters. The van der Waals surface area contributed by atoms with E-state index in [2.05, 4.69) is 10.1 Å². The second-order valence-electron chi connectivity index (χ2n) is 6.07. The lowest BCUT2D eigenvalue weighted by Gasteiger charge is -2.07. The van der Waals surface area contributed by atoms with E-state index in [1.54, 1.807) is 6.07 Å². The van der Waals surface area contributed by atoms with Gasteiger partial charge in [0.1, 0.15) is 0 Å². The van der Waals surface area contributed by atoms with Gasteiger partial charge in [0.15, 0.2) is 0 Å². The Balaban J connectivity index is 2.03. The fourth-order valence-corrected chi connectivity index (χ4v) is 2.85. The molecule has 5 nitrogen and oxygen atoms in total. The van der Waals surface area contributed by atoms with E-state index in [-0.39, 0.29) is 18.5 Å². The number of hydrogen-bond donors (Lipinski definition) is 1. The Hall–Kier alpha value is -2.90. The Kier molecular flexibility index (Phi) is 4.67. The molecular weight excluding hydrogens is 347 g/mol. The topological polar surface area (TPSA) is 68.0 Å². The van der Waals surface area contributed by atoms with Crippen molar-refractivity contribution in [1.29, 1.82) is 0 Å². The van der Waals surface area contributed by atoms with Crippen LogP contribution >= 0.6 is 0 Å². The van der Waals surface area contributed by atoms with E-state index < -0.39 is 18.6 Å². The quantitative estimate of drug-likeness (QED) is 0.744. The smallest absolute Gasteiger partial charge is 0.390 e. The molecule has 2 heterocycles. The molecule has 136 valence electrons. The highest BCUT2D eigenvalue weighted by molar-refractivity contribution is 5.90. The lowest BCUT2D eigenvalue weighted by Crippen LogP contribution is -2.13. The maximum Gasteiger partial charge on any atom is 0.390 e. The molecule has 0 bridgehead atoms. The highest BCUT2D eigenvalue weighted by Gasteiger charge is 2.27. The summed E-state index contributed by atoms with van der Waals surface area (Å²) < 4.78 is 39.1. The average Bonchev–Trinajstić information content (AvgIpc) is 2.90. The summed E-state index contributed by atoms with van der Waals surface area (Å²) in [6.07, 6.45) is -2.25. The molecule has 0 aliphatic heterocycles. The van der Waals surface area contributed by atoms with E-state index in [1.165, 1.54) is 23.1 Å². The van der Waals surface area contributed by atoms with Gasteiger partial charge in [-0.25, -0.2) is 4.79 Å². The zero-order valence-corrected chi connectivity index (χ0v) is 13.9. The fourth-order valence-electron chi connectivity index (χ4n) is 2.85. The van der Waals surface area contributed by atoms with Gasteiger partial charge in [-0.1, -0.05) is 11.6 Å². The summed E-state index contributed by atoms with van der Waals surface area (Å²) in [7, 11) is 0. The molecule has 2 aromatic heterocycles. The Morgan fingerprint density at radius 2 is 2.04 bits per heavy atom. The maximum atomic E-state index is 12.6. The molecule has 26 heavy (non-hydrogen) atoms. The summed E-state index contributed by atoms with van der Waals surface area (Å²) in [6, 6.07) is 6.79. The molecule has 1 N–H and O–H groups in total. The number of benzene rings is 1. The van der Waals surface area contributed by atoms with Crippen molar-refractivity contribution in [2.45, 2.75) is 32.5 Å². The van der Waals surface area contributed by atoms with Crippen LogP contribution in [0.4, 0.5) is 13.2 Å². The second kappa shape index (κ2) is 6.78. The summed E-state index contributed by atoms with van der Waals surface area (Å²) in [4.78, 5) is 15.3. The molecule has 0 amide bonds. The van der Waals surface area contributed by atoms with Crippen molar-refractivity contribution < 1.29 is 23.1 Å². The lowest BCUT2D eigenvalue weighted by molar-refractivity contribution is -0.137. The number of pyridine rings is 1. The van der Waals surface area contributed by atoms with E-state index in [0.717, 1.165) is 5.56 Å². The SMILES string of the molecule is Cc1ccc2c(c1)c(Cc1cnccc1C(=O)O)nn2CCC(F)(F)F. The largest absolute Gasteiger partial charge is 0.478 e. The van der Waals surface area contributed by atoms with Crippen LogP contribution in [0.1, 0.15) is 33.6 Å². The zero-order valence-electron chi connectivity index (χ0n) is 13.9. The van der Waals surface area contributed by atoms with Crippen molar-refractivity contribution >= 4 is 16.9 Å². The summed E-state index contributed by atoms with van der Waals surface area (Å²) in [5.74, 6) is -1.08. The van der Waals surface area contributed by atoms with Crippen LogP contribution in [0, 0.1) is 6.92 Å². The number of carbonyl (C=O) groups is 1. The van der Waals surface area contributed by atoms with Crippen molar-refractivity contribution in [3.05, 3.63) is 59.0 Å². The van der Waals surface area contributed by atoms with E-state index in [1.807, 2.05) is 19.1 Å². The first-order chi connectivity index (χ1) is 12.2. The minimum Gasteiger partial charge on any atom is -0.478 e. The average molecular weight is 363 g/mol. The predicted octanol–water partition coefficient (Wildman–Crippen LogP) is 3.98. The van der Waals surface area contributed by atoms with Crippen molar-refractivity contribution in [2.75, 3.05) is 0 Å². The Morgan fingerprint density at radius 3 is 2.73 bits per heavy atom. The molecule has 3 aromatic rings. The molecule has 8 heteroatoms. The number of rotatable bonds is 5. The van der Waals surface area contributed by atoms with Crippen molar-refractivity contribution in [2.24, 2.45) is 0 Å². The van der Waals surface area contributed by atoms with Crippen molar-refractivity contribution in [3.8, 4) is 0 Å². The number of aromatic nitrogens is 3. The monoisotopic (exact) mass is 363 g/mol. The molecule has 0 spiro atoms. The Labute approximate surface area is 147 Å². The van der Waals surface area contributed by atoms with Crippen LogP contribution in [0.3, 0.4) is 0 Å². The molecule has 1 aromatic carbocycles. The Morgan fingerprint density at radius 1 is 1.27 bits per heavy atom. The van der Waals surface area contributed by atoms with Gasteiger partial charge in [0.25, 0.3) is 0 Å². The van der Waals surface area contributed by atoms with Gasteiger partial charge < -0.3 is 5.11 Å². The van der Waals surface area contributed by atoms with E-state index in [4.69, 9.17) is 0 Å². The maximum absolute atomic E-state index is 12.6. The molecule has 0 aliphatic rings. The van der Waals surface area contributed by atoms with Crippen LogP contribution in [0.2, 0.25) is 0 Å². The Bertz CT molecular complexity index is 964. The third-order valence-corrected chi connectivity index (χ3v) is 4.08. The highest BCUT2D eigenvalue weighted by atomic mass is 19.4. The minimum absolute atomic E-state index is 0.102. The van der Waals surface area contributed by atoms with Gasteiger partial charge in [0.2, 0.25) is 0 Å². The lowest BCUT2D eigenvalue weighted by atomic mass is 10.0. The number of carboxylic acids is 1. The predicted molar refractivity (Wildman–Crippen MR) is 89.1 cm³/mol. The number of hydrogen-bond acceptors (Lipinski definition) is 3.